The molecule has 17 heavy (non-hydrogen) atoms. The van der Waals surface area contributed by atoms with Gasteiger partial charge >= 0.3 is 6.09 Å². The minimum atomic E-state index is -0.498. The van der Waals surface area contributed by atoms with Gasteiger partial charge in [-0.15, -0.1) is 0 Å². The lowest BCUT2D eigenvalue weighted by Crippen LogP contribution is -2.39. The molecule has 0 heterocycles. The summed E-state index contributed by atoms with van der Waals surface area (Å²) in [6.45, 7) is 7.28. The molecule has 0 aliphatic heterocycles. The smallest absolute Gasteiger partial charge is 0.407 e. The second-order valence-corrected chi connectivity index (χ2v) is 5.85. The summed E-state index contributed by atoms with van der Waals surface area (Å²) in [5, 5.41) is 2.69. The Morgan fingerprint density at radius 2 is 1.94 bits per heavy atom. The first-order valence-corrected chi connectivity index (χ1v) is 6.30. The van der Waals surface area contributed by atoms with E-state index in [9.17, 15) is 9.59 Å². The van der Waals surface area contributed by atoms with Crippen LogP contribution in [0.5, 0.6) is 0 Å². The molecule has 0 bridgehead atoms. The molecule has 1 saturated carbocycles. The number of alkyl carbamates (subject to hydrolysis) is 1. The van der Waals surface area contributed by atoms with Crippen LogP contribution in [0, 0.1) is 5.92 Å². The van der Waals surface area contributed by atoms with Crippen molar-refractivity contribution in [2.45, 2.75) is 65.0 Å². The Labute approximate surface area is 103 Å². The topological polar surface area (TPSA) is 55.4 Å². The summed E-state index contributed by atoms with van der Waals surface area (Å²) in [5.74, 6) is 0.498. The Morgan fingerprint density at radius 1 is 1.35 bits per heavy atom. The van der Waals surface area contributed by atoms with Crippen LogP contribution in [0.2, 0.25) is 0 Å². The van der Waals surface area contributed by atoms with E-state index < -0.39 is 11.7 Å². The molecule has 1 fully saturated rings. The Morgan fingerprint density at radius 3 is 2.35 bits per heavy atom. The van der Waals surface area contributed by atoms with Gasteiger partial charge in [0.15, 0.2) is 0 Å². The van der Waals surface area contributed by atoms with Crippen molar-refractivity contribution in [3.63, 3.8) is 0 Å². The molecule has 1 atom stereocenters. The Kier molecular flexibility index (Phi) is 4.54. The van der Waals surface area contributed by atoms with Crippen molar-refractivity contribution < 1.29 is 14.3 Å². The van der Waals surface area contributed by atoms with Crippen LogP contribution >= 0.6 is 0 Å². The molecule has 4 nitrogen and oxygen atoms in total. The van der Waals surface area contributed by atoms with E-state index in [0.717, 1.165) is 19.3 Å². The number of ether oxygens (including phenoxy) is 1. The lowest BCUT2D eigenvalue weighted by molar-refractivity contribution is -0.125. The Bertz CT molecular complexity index is 290. The third kappa shape index (κ3) is 5.20. The number of amides is 1. The highest BCUT2D eigenvalue weighted by atomic mass is 16.6. The minimum absolute atomic E-state index is 0.155. The fraction of sp³-hybridized carbons (Fsp3) is 0.846. The van der Waals surface area contributed by atoms with E-state index in [1.54, 1.807) is 0 Å². The maximum absolute atomic E-state index is 11.7. The second-order valence-electron chi connectivity index (χ2n) is 5.85. The molecule has 1 aliphatic rings. The van der Waals surface area contributed by atoms with Crippen molar-refractivity contribution in [1.82, 2.24) is 5.32 Å². The zero-order valence-corrected chi connectivity index (χ0v) is 11.2. The predicted octanol–water partition coefficient (Wildman–Crippen LogP) is 2.66. The first-order chi connectivity index (χ1) is 7.78. The monoisotopic (exact) mass is 241 g/mol. The predicted molar refractivity (Wildman–Crippen MR) is 65.8 cm³/mol. The van der Waals surface area contributed by atoms with E-state index in [4.69, 9.17) is 4.74 Å². The molecular formula is C13H23NO3. The number of ketones is 1. The van der Waals surface area contributed by atoms with Crippen LogP contribution in [-0.2, 0) is 9.53 Å². The van der Waals surface area contributed by atoms with Gasteiger partial charge in [0, 0.05) is 18.4 Å². The molecule has 1 amide bonds. The largest absolute Gasteiger partial charge is 0.444 e. The van der Waals surface area contributed by atoms with Crippen molar-refractivity contribution in [3.05, 3.63) is 0 Å². The van der Waals surface area contributed by atoms with Gasteiger partial charge in [-0.05, 0) is 40.5 Å². The zero-order chi connectivity index (χ0) is 13.1. The quantitative estimate of drug-likeness (QED) is 0.823. The van der Waals surface area contributed by atoms with E-state index in [2.05, 4.69) is 5.32 Å². The SMILES string of the molecule is CC(CC(=O)C1CCC1)NC(=O)OC(C)(C)C. The summed E-state index contributed by atoms with van der Waals surface area (Å²) in [4.78, 5) is 23.2. The number of Topliss-reactive ketones (excluding diaryl/α,β-unsaturated/α-hetero) is 1. The number of hydrogen-bond donors (Lipinski definition) is 1. The van der Waals surface area contributed by atoms with Crippen LogP contribution in [0.25, 0.3) is 0 Å². The molecule has 0 aromatic heterocycles. The van der Waals surface area contributed by atoms with E-state index in [-0.39, 0.29) is 17.7 Å². The van der Waals surface area contributed by atoms with Crippen LogP contribution in [0.1, 0.15) is 53.4 Å². The van der Waals surface area contributed by atoms with E-state index in [1.165, 1.54) is 0 Å². The van der Waals surface area contributed by atoms with Gasteiger partial charge in [-0.2, -0.15) is 0 Å². The molecular weight excluding hydrogens is 218 g/mol. The Hall–Kier alpha value is -1.06. The molecule has 0 spiro atoms. The summed E-state index contributed by atoms with van der Waals surface area (Å²) in [5.41, 5.74) is -0.498. The third-order valence-corrected chi connectivity index (χ3v) is 2.83. The molecule has 1 N–H and O–H groups in total. The lowest BCUT2D eigenvalue weighted by atomic mass is 9.80. The van der Waals surface area contributed by atoms with E-state index >= 15 is 0 Å². The number of hydrogen-bond acceptors (Lipinski definition) is 3. The highest BCUT2D eigenvalue weighted by Crippen LogP contribution is 2.28. The minimum Gasteiger partial charge on any atom is -0.444 e. The van der Waals surface area contributed by atoms with Gasteiger partial charge in [-0.3, -0.25) is 4.79 Å². The van der Waals surface area contributed by atoms with Gasteiger partial charge in [0.1, 0.15) is 11.4 Å². The molecule has 1 unspecified atom stereocenters. The van der Waals surface area contributed by atoms with Crippen LogP contribution in [0.15, 0.2) is 0 Å². The molecule has 1 rings (SSSR count). The molecule has 98 valence electrons. The van der Waals surface area contributed by atoms with Gasteiger partial charge in [0.2, 0.25) is 0 Å². The van der Waals surface area contributed by atoms with Crippen LogP contribution in [0.4, 0.5) is 4.79 Å². The first-order valence-electron chi connectivity index (χ1n) is 6.30. The van der Waals surface area contributed by atoms with Gasteiger partial charge in [-0.25, -0.2) is 4.79 Å². The number of carbonyl (C=O) groups excluding carboxylic acids is 2. The highest BCUT2D eigenvalue weighted by Gasteiger charge is 2.27. The molecule has 1 aliphatic carbocycles. The standard InChI is InChI=1S/C13H23NO3/c1-9(8-11(15)10-6-5-7-10)14-12(16)17-13(2,3)4/h9-10H,5-8H2,1-4H3,(H,14,16). The maximum atomic E-state index is 11.7. The normalized spacial score (nSPS) is 18.1. The summed E-state index contributed by atoms with van der Waals surface area (Å²) >= 11 is 0. The molecule has 4 heteroatoms. The van der Waals surface area contributed by atoms with E-state index in [1.807, 2.05) is 27.7 Å². The number of rotatable bonds is 4. The van der Waals surface area contributed by atoms with Crippen LogP contribution in [-0.4, -0.2) is 23.5 Å². The molecule has 0 saturated heterocycles. The second kappa shape index (κ2) is 5.52. The maximum Gasteiger partial charge on any atom is 0.407 e. The van der Waals surface area contributed by atoms with Crippen molar-refractivity contribution in [1.29, 1.82) is 0 Å². The summed E-state index contributed by atoms with van der Waals surface area (Å²) in [7, 11) is 0. The Balaban J connectivity index is 2.26. The van der Waals surface area contributed by atoms with Crippen molar-refractivity contribution >= 4 is 11.9 Å². The van der Waals surface area contributed by atoms with Crippen LogP contribution in [0.3, 0.4) is 0 Å². The molecule has 0 aromatic carbocycles. The molecule has 0 aromatic rings. The van der Waals surface area contributed by atoms with Gasteiger partial charge in [-0.1, -0.05) is 6.42 Å². The average Bonchev–Trinajstić information content (AvgIpc) is 1.93. The third-order valence-electron chi connectivity index (χ3n) is 2.83. The van der Waals surface area contributed by atoms with Crippen molar-refractivity contribution in [2.24, 2.45) is 5.92 Å². The molecule has 0 radical (unpaired) electrons. The summed E-state index contributed by atoms with van der Waals surface area (Å²) in [6, 6.07) is -0.155. The fourth-order valence-electron chi connectivity index (χ4n) is 1.76. The van der Waals surface area contributed by atoms with Crippen molar-refractivity contribution in [2.75, 3.05) is 0 Å². The number of nitrogens with one attached hydrogen (secondary N) is 1. The number of carbonyl (C=O) groups is 2. The highest BCUT2D eigenvalue weighted by molar-refractivity contribution is 5.82. The zero-order valence-electron chi connectivity index (χ0n) is 11.2. The van der Waals surface area contributed by atoms with Gasteiger partial charge in [0.25, 0.3) is 0 Å². The fourth-order valence-corrected chi connectivity index (χ4v) is 1.76. The summed E-state index contributed by atoms with van der Waals surface area (Å²) < 4.78 is 5.13. The lowest BCUT2D eigenvalue weighted by Gasteiger charge is -2.26. The van der Waals surface area contributed by atoms with Crippen molar-refractivity contribution in [3.8, 4) is 0 Å². The van der Waals surface area contributed by atoms with Crippen LogP contribution < -0.4 is 5.32 Å². The summed E-state index contributed by atoms with van der Waals surface area (Å²) in [6.07, 6.45) is 3.14. The van der Waals surface area contributed by atoms with E-state index in [0.29, 0.717) is 6.42 Å². The first kappa shape index (κ1) is 14.0. The van der Waals surface area contributed by atoms with Gasteiger partial charge in [0.05, 0.1) is 0 Å². The van der Waals surface area contributed by atoms with Gasteiger partial charge < -0.3 is 10.1 Å². The average molecular weight is 241 g/mol.